The lowest BCUT2D eigenvalue weighted by Gasteiger charge is -2.45. The zero-order valence-electron chi connectivity index (χ0n) is 22.5. The predicted octanol–water partition coefficient (Wildman–Crippen LogP) is 0.338. The highest BCUT2D eigenvalue weighted by Crippen LogP contribution is 2.29. The number of hydrogen-bond donors (Lipinski definition) is 6. The van der Waals surface area contributed by atoms with Crippen LogP contribution in [0.2, 0.25) is 0 Å². The molecule has 224 valence electrons. The average Bonchev–Trinajstić information content (AvgIpc) is 2.99. The van der Waals surface area contributed by atoms with Gasteiger partial charge in [-0.05, 0) is 22.3 Å². The Morgan fingerprint density at radius 1 is 0.561 bits per heavy atom. The number of aliphatic hydroxyl groups excluding tert-OH is 6. The van der Waals surface area contributed by atoms with Gasteiger partial charge in [-0.15, -0.1) is 0 Å². The monoisotopic (exact) mass is 574 g/mol. The van der Waals surface area contributed by atoms with Crippen molar-refractivity contribution in [3.63, 3.8) is 0 Å². The van der Waals surface area contributed by atoms with Crippen LogP contribution in [0.4, 0.5) is 0 Å². The minimum absolute atomic E-state index is 0.145. The third kappa shape index (κ3) is 7.86. The summed E-state index contributed by atoms with van der Waals surface area (Å²) in [6, 6.07) is 14.9. The number of aliphatic hydroxyl groups is 6. The first-order chi connectivity index (χ1) is 19.7. The molecule has 0 amide bonds. The highest BCUT2D eigenvalue weighted by molar-refractivity contribution is 5.47. The minimum Gasteiger partial charge on any atom is -0.387 e. The zero-order chi connectivity index (χ0) is 29.5. The molecule has 2 fully saturated rings. The lowest BCUT2D eigenvalue weighted by atomic mass is 9.98. The van der Waals surface area contributed by atoms with Crippen LogP contribution < -0.4 is 0 Å². The van der Waals surface area contributed by atoms with Crippen LogP contribution >= 0.6 is 0 Å². The number of rotatable bonds is 12. The van der Waals surface area contributed by atoms with Gasteiger partial charge in [0.25, 0.3) is 0 Å². The summed E-state index contributed by atoms with van der Waals surface area (Å²) in [7, 11) is 0. The lowest BCUT2D eigenvalue weighted by Crippen LogP contribution is -2.63. The molecule has 0 spiro atoms. The van der Waals surface area contributed by atoms with E-state index in [1.165, 1.54) is 0 Å². The van der Waals surface area contributed by atoms with Crippen molar-refractivity contribution in [1.29, 1.82) is 0 Å². The van der Waals surface area contributed by atoms with Crippen molar-refractivity contribution >= 4 is 12.2 Å². The summed E-state index contributed by atoms with van der Waals surface area (Å²) in [4.78, 5) is 0. The molecule has 2 aliphatic heterocycles. The maximum atomic E-state index is 10.5. The van der Waals surface area contributed by atoms with Gasteiger partial charge in [0.05, 0.1) is 26.4 Å². The number of ether oxygens (including phenoxy) is 5. The van der Waals surface area contributed by atoms with E-state index in [9.17, 15) is 30.6 Å². The van der Waals surface area contributed by atoms with Crippen LogP contribution in [-0.4, -0.2) is 105 Å². The van der Waals surface area contributed by atoms with Crippen molar-refractivity contribution in [3.8, 4) is 0 Å². The molecule has 2 saturated heterocycles. The first-order valence-corrected chi connectivity index (χ1v) is 13.3. The molecule has 11 nitrogen and oxygen atoms in total. The van der Waals surface area contributed by atoms with Gasteiger partial charge in [0.15, 0.2) is 12.6 Å². The van der Waals surface area contributed by atoms with E-state index in [1.807, 2.05) is 48.5 Å². The van der Waals surface area contributed by atoms with Crippen LogP contribution in [0.5, 0.6) is 0 Å². The van der Waals surface area contributed by atoms with Crippen LogP contribution in [0.25, 0.3) is 12.2 Å². The summed E-state index contributed by atoms with van der Waals surface area (Å²) in [5.41, 5.74) is 3.63. The molecule has 1 unspecified atom stereocenters. The van der Waals surface area contributed by atoms with E-state index < -0.39 is 61.4 Å². The second-order valence-corrected chi connectivity index (χ2v) is 10.1. The van der Waals surface area contributed by atoms with E-state index in [-0.39, 0.29) is 26.4 Å². The van der Waals surface area contributed by atoms with Gasteiger partial charge in [-0.2, -0.15) is 0 Å². The van der Waals surface area contributed by atoms with E-state index in [0.29, 0.717) is 0 Å². The zero-order valence-corrected chi connectivity index (χ0v) is 22.5. The van der Waals surface area contributed by atoms with Gasteiger partial charge in [-0.3, -0.25) is 0 Å². The highest BCUT2D eigenvalue weighted by Gasteiger charge is 2.49. The van der Waals surface area contributed by atoms with E-state index in [2.05, 4.69) is 13.2 Å². The van der Waals surface area contributed by atoms with E-state index in [1.54, 1.807) is 12.2 Å². The molecular weight excluding hydrogens is 536 g/mol. The van der Waals surface area contributed by atoms with Crippen LogP contribution in [0.15, 0.2) is 61.7 Å². The van der Waals surface area contributed by atoms with Crippen molar-refractivity contribution in [2.75, 3.05) is 13.2 Å². The van der Waals surface area contributed by atoms with Crippen molar-refractivity contribution in [2.45, 2.75) is 74.6 Å². The topological polar surface area (TPSA) is 168 Å². The molecule has 4 rings (SSSR count). The first-order valence-electron chi connectivity index (χ1n) is 13.3. The van der Waals surface area contributed by atoms with Crippen molar-refractivity contribution in [2.24, 2.45) is 0 Å². The molecule has 2 aliphatic rings. The normalized spacial score (nSPS) is 33.8. The molecule has 41 heavy (non-hydrogen) atoms. The fraction of sp³-hybridized carbons (Fsp3) is 0.467. The lowest BCUT2D eigenvalue weighted by molar-refractivity contribution is -0.377. The smallest absolute Gasteiger partial charge is 0.189 e. The van der Waals surface area contributed by atoms with Gasteiger partial charge >= 0.3 is 0 Å². The van der Waals surface area contributed by atoms with Crippen LogP contribution in [0.3, 0.4) is 0 Å². The van der Waals surface area contributed by atoms with Gasteiger partial charge in [0.2, 0.25) is 0 Å². The molecule has 0 aliphatic carbocycles. The Morgan fingerprint density at radius 3 is 1.27 bits per heavy atom. The minimum atomic E-state index is -1.71. The van der Waals surface area contributed by atoms with Crippen molar-refractivity contribution in [3.05, 3.63) is 83.9 Å². The molecular formula is C30H38O11. The van der Waals surface area contributed by atoms with Crippen molar-refractivity contribution < 1.29 is 54.3 Å². The molecule has 2 heterocycles. The Bertz CT molecular complexity index is 1020. The molecule has 2 aromatic rings. The third-order valence-corrected chi connectivity index (χ3v) is 7.14. The second kappa shape index (κ2) is 14.6. The third-order valence-electron chi connectivity index (χ3n) is 7.14. The first kappa shape index (κ1) is 31.4. The molecule has 0 bridgehead atoms. The summed E-state index contributed by atoms with van der Waals surface area (Å²) >= 11 is 0. The standard InChI is InChI=1S/C30H38O11/c1-3-17-5-9-19(10-6-17)13-37-15-21-23(31)25(33)27(35)29(39-21)41-30-28(36)26(34)24(32)22(40-30)16-38-14-20-11-7-18(4-2)8-12-20/h3-12,21-36H,1-2,13-16H2/t21-,22?,23-,24-,25+,26+,27-,28-,29-,30-/m1/s1. The Kier molecular flexibility index (Phi) is 11.2. The van der Waals surface area contributed by atoms with Gasteiger partial charge in [-0.1, -0.05) is 73.8 Å². The molecule has 0 aromatic heterocycles. The van der Waals surface area contributed by atoms with Crippen molar-refractivity contribution in [1.82, 2.24) is 0 Å². The number of benzene rings is 2. The summed E-state index contributed by atoms with van der Waals surface area (Å²) in [5, 5.41) is 62.7. The molecule has 0 radical (unpaired) electrons. The molecule has 6 N–H and O–H groups in total. The van der Waals surface area contributed by atoms with Crippen LogP contribution in [-0.2, 0) is 36.9 Å². The summed E-state index contributed by atoms with van der Waals surface area (Å²) in [6.45, 7) is 7.52. The van der Waals surface area contributed by atoms with Gasteiger partial charge in [0.1, 0.15) is 48.8 Å². The summed E-state index contributed by atoms with van der Waals surface area (Å²) < 4.78 is 28.3. The fourth-order valence-electron chi connectivity index (χ4n) is 4.55. The largest absolute Gasteiger partial charge is 0.387 e. The summed E-state index contributed by atoms with van der Waals surface area (Å²) in [6.07, 6.45) is -11.6. The quantitative estimate of drug-likeness (QED) is 0.207. The van der Waals surface area contributed by atoms with E-state index >= 15 is 0 Å². The average molecular weight is 575 g/mol. The maximum absolute atomic E-state index is 10.5. The Hall–Kier alpha value is -2.52. The van der Waals surface area contributed by atoms with Crippen LogP contribution in [0.1, 0.15) is 22.3 Å². The number of hydrogen-bond acceptors (Lipinski definition) is 11. The summed E-state index contributed by atoms with van der Waals surface area (Å²) in [5.74, 6) is 0. The van der Waals surface area contributed by atoms with Gasteiger partial charge in [0, 0.05) is 0 Å². The van der Waals surface area contributed by atoms with Gasteiger partial charge < -0.3 is 54.3 Å². The predicted molar refractivity (Wildman–Crippen MR) is 147 cm³/mol. The molecule has 10 atom stereocenters. The van der Waals surface area contributed by atoms with E-state index in [4.69, 9.17) is 23.7 Å². The van der Waals surface area contributed by atoms with Crippen LogP contribution in [0, 0.1) is 0 Å². The second-order valence-electron chi connectivity index (χ2n) is 10.1. The Balaban J connectivity index is 1.33. The Labute approximate surface area is 238 Å². The highest BCUT2D eigenvalue weighted by atomic mass is 16.8. The molecule has 0 saturated carbocycles. The molecule has 2 aromatic carbocycles. The fourth-order valence-corrected chi connectivity index (χ4v) is 4.55. The Morgan fingerprint density at radius 2 is 0.927 bits per heavy atom. The maximum Gasteiger partial charge on any atom is 0.189 e. The SMILES string of the molecule is C=Cc1ccc(COCC2O[C@H](O[C@H]3O[C@H](COCc4ccc(C=C)cc4)[C@@H](O)[C@H](O)[C@H]3O)[C@H](O)[C@@H](O)[C@@H]2O)cc1. The van der Waals surface area contributed by atoms with Gasteiger partial charge in [-0.25, -0.2) is 0 Å². The van der Waals surface area contributed by atoms with E-state index in [0.717, 1.165) is 22.3 Å². The molecule has 11 heteroatoms.